The van der Waals surface area contributed by atoms with E-state index in [0.29, 0.717) is 12.4 Å². The third kappa shape index (κ3) is 2.20. The fourth-order valence-corrected chi connectivity index (χ4v) is 2.08. The number of nitrogens with two attached hydrogens (primary N) is 1. The molecule has 2 aromatic heterocycles. The topological polar surface area (TPSA) is 60.9 Å². The molecule has 0 atom stereocenters. The second kappa shape index (κ2) is 4.57. The Kier molecular flexibility index (Phi) is 2.76. The highest BCUT2D eigenvalue weighted by atomic mass is 16.1. The first-order chi connectivity index (χ1) is 9.24. The van der Waals surface area contributed by atoms with Gasteiger partial charge in [0, 0.05) is 17.8 Å². The molecule has 0 spiro atoms. The molecule has 0 amide bonds. The molecule has 1 aromatic carbocycles. The molecular formula is C15H13N3O. The van der Waals surface area contributed by atoms with Gasteiger partial charge in [0.15, 0.2) is 0 Å². The van der Waals surface area contributed by atoms with E-state index in [4.69, 9.17) is 5.73 Å². The van der Waals surface area contributed by atoms with E-state index in [9.17, 15) is 4.79 Å². The summed E-state index contributed by atoms with van der Waals surface area (Å²) < 4.78 is 1.68. The van der Waals surface area contributed by atoms with Gasteiger partial charge in [-0.05, 0) is 29.1 Å². The van der Waals surface area contributed by atoms with Crippen LogP contribution >= 0.6 is 0 Å². The van der Waals surface area contributed by atoms with Crippen LogP contribution in [0.1, 0.15) is 5.56 Å². The van der Waals surface area contributed by atoms with Gasteiger partial charge in [0.1, 0.15) is 5.82 Å². The zero-order valence-corrected chi connectivity index (χ0v) is 10.3. The Bertz CT molecular complexity index is 775. The van der Waals surface area contributed by atoms with Crippen LogP contribution in [0, 0.1) is 0 Å². The minimum atomic E-state index is 0.00919. The van der Waals surface area contributed by atoms with E-state index < -0.39 is 0 Å². The predicted molar refractivity (Wildman–Crippen MR) is 76.0 cm³/mol. The van der Waals surface area contributed by atoms with Crippen LogP contribution in [-0.2, 0) is 6.54 Å². The molecule has 0 saturated heterocycles. The Labute approximate surface area is 110 Å². The Morgan fingerprint density at radius 3 is 2.74 bits per heavy atom. The monoisotopic (exact) mass is 251 g/mol. The Morgan fingerprint density at radius 2 is 1.95 bits per heavy atom. The maximum atomic E-state index is 12.3. The number of aromatic nitrogens is 2. The second-order valence-electron chi connectivity index (χ2n) is 4.43. The Hall–Kier alpha value is -2.62. The third-order valence-electron chi connectivity index (χ3n) is 3.09. The largest absolute Gasteiger partial charge is 0.384 e. The number of anilines is 1. The summed E-state index contributed by atoms with van der Waals surface area (Å²) in [6, 6.07) is 13.1. The van der Waals surface area contributed by atoms with Crippen LogP contribution < -0.4 is 11.3 Å². The first-order valence-corrected chi connectivity index (χ1v) is 6.02. The first-order valence-electron chi connectivity index (χ1n) is 6.02. The van der Waals surface area contributed by atoms with Gasteiger partial charge in [0.05, 0.1) is 6.54 Å². The second-order valence-corrected chi connectivity index (χ2v) is 4.43. The molecule has 4 nitrogen and oxygen atoms in total. The van der Waals surface area contributed by atoms with Crippen molar-refractivity contribution in [2.75, 3.05) is 5.73 Å². The van der Waals surface area contributed by atoms with Crippen LogP contribution in [0.3, 0.4) is 0 Å². The molecule has 0 radical (unpaired) electrons. The van der Waals surface area contributed by atoms with Crippen molar-refractivity contribution in [1.82, 2.24) is 9.55 Å². The molecule has 0 aliphatic heterocycles. The number of nitrogen functional groups attached to an aromatic ring is 1. The average molecular weight is 251 g/mol. The minimum absolute atomic E-state index is 0.00919. The molecule has 0 unspecified atom stereocenters. The van der Waals surface area contributed by atoms with Gasteiger partial charge < -0.3 is 10.3 Å². The van der Waals surface area contributed by atoms with Gasteiger partial charge in [-0.25, -0.2) is 4.98 Å². The number of nitrogens with zero attached hydrogens (tertiary/aromatic N) is 2. The maximum Gasteiger partial charge on any atom is 0.258 e. The first kappa shape index (κ1) is 11.5. The van der Waals surface area contributed by atoms with Crippen molar-refractivity contribution in [3.05, 3.63) is 70.8 Å². The normalized spacial score (nSPS) is 10.7. The Morgan fingerprint density at radius 1 is 1.11 bits per heavy atom. The lowest BCUT2D eigenvalue weighted by atomic mass is 10.2. The van der Waals surface area contributed by atoms with E-state index in [2.05, 4.69) is 4.98 Å². The average Bonchev–Trinajstić information content (AvgIpc) is 2.45. The zero-order valence-electron chi connectivity index (χ0n) is 10.3. The summed E-state index contributed by atoms with van der Waals surface area (Å²) in [7, 11) is 0. The SMILES string of the molecule is Nc1ccc(Cn2ccc3ccccc3c2=O)cn1. The molecule has 2 heterocycles. The highest BCUT2D eigenvalue weighted by Gasteiger charge is 2.03. The van der Waals surface area contributed by atoms with Crippen molar-refractivity contribution in [1.29, 1.82) is 0 Å². The standard InChI is InChI=1S/C15H13N3O/c16-14-6-5-11(9-17-14)10-18-8-7-12-3-1-2-4-13(12)15(18)19/h1-9H,10H2,(H2,16,17). The van der Waals surface area contributed by atoms with E-state index >= 15 is 0 Å². The number of hydrogen-bond acceptors (Lipinski definition) is 3. The van der Waals surface area contributed by atoms with Gasteiger partial charge in [-0.3, -0.25) is 4.79 Å². The number of fused-ring (bicyclic) bond motifs is 1. The van der Waals surface area contributed by atoms with Crippen LogP contribution in [0.4, 0.5) is 5.82 Å². The van der Waals surface area contributed by atoms with Crippen LogP contribution in [0.25, 0.3) is 10.8 Å². The Balaban J connectivity index is 2.04. The lowest BCUT2D eigenvalue weighted by molar-refractivity contribution is 0.765. The van der Waals surface area contributed by atoms with Crippen molar-refractivity contribution in [3.8, 4) is 0 Å². The van der Waals surface area contributed by atoms with Crippen LogP contribution in [0.15, 0.2) is 59.7 Å². The van der Waals surface area contributed by atoms with Gasteiger partial charge >= 0.3 is 0 Å². The molecular weight excluding hydrogens is 238 g/mol. The number of benzene rings is 1. The number of hydrogen-bond donors (Lipinski definition) is 1. The molecule has 0 bridgehead atoms. The summed E-state index contributed by atoms with van der Waals surface area (Å²) in [4.78, 5) is 16.3. The van der Waals surface area contributed by atoms with Crippen LogP contribution in [0.5, 0.6) is 0 Å². The van der Waals surface area contributed by atoms with E-state index in [0.717, 1.165) is 16.3 Å². The van der Waals surface area contributed by atoms with Gasteiger partial charge in [0.25, 0.3) is 5.56 Å². The summed E-state index contributed by atoms with van der Waals surface area (Å²) in [5, 5.41) is 1.69. The fraction of sp³-hybridized carbons (Fsp3) is 0.0667. The lowest BCUT2D eigenvalue weighted by Gasteiger charge is -2.07. The van der Waals surface area contributed by atoms with E-state index in [-0.39, 0.29) is 5.56 Å². The minimum Gasteiger partial charge on any atom is -0.384 e. The van der Waals surface area contributed by atoms with Crippen molar-refractivity contribution in [2.45, 2.75) is 6.54 Å². The molecule has 0 saturated carbocycles. The summed E-state index contributed by atoms with van der Waals surface area (Å²) in [6.07, 6.45) is 3.50. The van der Waals surface area contributed by atoms with Crippen molar-refractivity contribution in [3.63, 3.8) is 0 Å². The molecule has 19 heavy (non-hydrogen) atoms. The summed E-state index contributed by atoms with van der Waals surface area (Å²) in [5.74, 6) is 0.481. The summed E-state index contributed by atoms with van der Waals surface area (Å²) in [5.41, 5.74) is 6.50. The van der Waals surface area contributed by atoms with Gasteiger partial charge in [-0.15, -0.1) is 0 Å². The van der Waals surface area contributed by atoms with Gasteiger partial charge in [-0.1, -0.05) is 24.3 Å². The number of pyridine rings is 2. The van der Waals surface area contributed by atoms with Gasteiger partial charge in [0.2, 0.25) is 0 Å². The molecule has 0 fully saturated rings. The van der Waals surface area contributed by atoms with E-state index in [1.165, 1.54) is 0 Å². The van der Waals surface area contributed by atoms with Crippen LogP contribution in [0.2, 0.25) is 0 Å². The van der Waals surface area contributed by atoms with Crippen molar-refractivity contribution >= 4 is 16.6 Å². The third-order valence-corrected chi connectivity index (χ3v) is 3.09. The molecule has 3 aromatic rings. The van der Waals surface area contributed by atoms with Crippen molar-refractivity contribution < 1.29 is 0 Å². The zero-order chi connectivity index (χ0) is 13.2. The summed E-state index contributed by atoms with van der Waals surface area (Å²) in [6.45, 7) is 0.497. The lowest BCUT2D eigenvalue weighted by Crippen LogP contribution is -2.20. The highest BCUT2D eigenvalue weighted by Crippen LogP contribution is 2.09. The van der Waals surface area contributed by atoms with Crippen molar-refractivity contribution in [2.24, 2.45) is 0 Å². The number of rotatable bonds is 2. The molecule has 3 rings (SSSR count). The fourth-order valence-electron chi connectivity index (χ4n) is 2.08. The predicted octanol–water partition coefficient (Wildman–Crippen LogP) is 2.03. The van der Waals surface area contributed by atoms with Gasteiger partial charge in [-0.2, -0.15) is 0 Å². The molecule has 4 heteroatoms. The summed E-state index contributed by atoms with van der Waals surface area (Å²) >= 11 is 0. The molecule has 0 aliphatic carbocycles. The molecule has 2 N–H and O–H groups in total. The smallest absolute Gasteiger partial charge is 0.258 e. The molecule has 0 aliphatic rings. The van der Waals surface area contributed by atoms with E-state index in [1.807, 2.05) is 36.4 Å². The van der Waals surface area contributed by atoms with E-state index in [1.54, 1.807) is 23.0 Å². The quantitative estimate of drug-likeness (QED) is 0.758. The maximum absolute atomic E-state index is 12.3. The van der Waals surface area contributed by atoms with Crippen LogP contribution in [-0.4, -0.2) is 9.55 Å². The highest BCUT2D eigenvalue weighted by molar-refractivity contribution is 5.81. The molecule has 94 valence electrons.